The summed E-state index contributed by atoms with van der Waals surface area (Å²) in [5, 5.41) is 0.707. The van der Waals surface area contributed by atoms with Gasteiger partial charge in [0, 0.05) is 16.6 Å². The van der Waals surface area contributed by atoms with Gasteiger partial charge >= 0.3 is 0 Å². The third-order valence-electron chi connectivity index (χ3n) is 2.80. The van der Waals surface area contributed by atoms with Gasteiger partial charge in [0.15, 0.2) is 5.16 Å². The molecule has 0 aliphatic heterocycles. The number of rotatable bonds is 2. The topological polar surface area (TPSA) is 62.8 Å². The van der Waals surface area contributed by atoms with Gasteiger partial charge in [-0.1, -0.05) is 23.9 Å². The van der Waals surface area contributed by atoms with Crippen molar-refractivity contribution in [3.05, 3.63) is 46.9 Å². The fraction of sp³-hybridized carbons (Fsp3) is 0.0714. The smallest absolute Gasteiger partial charge is 0.228 e. The number of fused-ring (bicyclic) bond motifs is 1. The lowest BCUT2D eigenvalue weighted by Crippen LogP contribution is -2.15. The van der Waals surface area contributed by atoms with Crippen molar-refractivity contribution in [1.29, 1.82) is 0 Å². The third-order valence-corrected chi connectivity index (χ3v) is 3.65. The summed E-state index contributed by atoms with van der Waals surface area (Å²) in [7, 11) is 0. The van der Waals surface area contributed by atoms with E-state index in [9.17, 15) is 9.59 Å². The number of aromatic nitrogens is 2. The van der Waals surface area contributed by atoms with Gasteiger partial charge in [-0.2, -0.15) is 0 Å². The number of carbonyl (C=O) groups excluding carboxylic acids is 2. The molecule has 0 fully saturated rings. The van der Waals surface area contributed by atoms with Gasteiger partial charge in [0.2, 0.25) is 11.6 Å². The number of para-hydroxylation sites is 2. The van der Waals surface area contributed by atoms with E-state index in [1.165, 1.54) is 17.8 Å². The number of Topliss-reactive ketones (excluding diaryl/α,β-unsaturated/α-hetero) is 1. The number of hydrogen-bond donors (Lipinski definition) is 1. The maximum Gasteiger partial charge on any atom is 0.228 e. The lowest BCUT2D eigenvalue weighted by Gasteiger charge is -2.06. The van der Waals surface area contributed by atoms with Crippen LogP contribution in [0.5, 0.6) is 0 Å². The Bertz CT molecular complexity index is 723. The second-order valence-corrected chi connectivity index (χ2v) is 5.29. The van der Waals surface area contributed by atoms with E-state index in [0.29, 0.717) is 10.7 Å². The number of imidazole rings is 1. The Hall–Kier alpha value is -2.14. The molecule has 1 heterocycles. The highest BCUT2D eigenvalue weighted by Gasteiger charge is 2.20. The predicted octanol–water partition coefficient (Wildman–Crippen LogP) is 2.64. The predicted molar refractivity (Wildman–Crippen MR) is 73.8 cm³/mol. The highest BCUT2D eigenvalue weighted by molar-refractivity contribution is 8.03. The fourth-order valence-corrected chi connectivity index (χ4v) is 2.79. The molecular weight excluding hydrogens is 260 g/mol. The van der Waals surface area contributed by atoms with Crippen LogP contribution in [0.2, 0.25) is 0 Å². The number of benzene rings is 1. The summed E-state index contributed by atoms with van der Waals surface area (Å²) in [5.41, 5.74) is 2.29. The molecule has 1 N–H and O–H groups in total. The van der Waals surface area contributed by atoms with Crippen LogP contribution in [0.1, 0.15) is 6.92 Å². The van der Waals surface area contributed by atoms with Crippen molar-refractivity contribution < 1.29 is 9.59 Å². The number of allylic oxidation sites excluding steroid dienone is 3. The number of H-pyrrole nitrogens is 1. The molecule has 2 aromatic rings. The molecule has 1 aromatic heterocycles. The van der Waals surface area contributed by atoms with Crippen molar-refractivity contribution >= 4 is 34.4 Å². The Labute approximate surface area is 113 Å². The van der Waals surface area contributed by atoms with Crippen LogP contribution in [0.25, 0.3) is 11.0 Å². The first-order chi connectivity index (χ1) is 9.13. The van der Waals surface area contributed by atoms with Crippen molar-refractivity contribution in [2.45, 2.75) is 12.1 Å². The minimum Gasteiger partial charge on any atom is -0.333 e. The number of nitrogens with one attached hydrogen (secondary N) is 1. The molecule has 1 aromatic carbocycles. The molecule has 0 saturated carbocycles. The first-order valence-corrected chi connectivity index (χ1v) is 6.56. The van der Waals surface area contributed by atoms with Gasteiger partial charge in [-0.3, -0.25) is 9.59 Å². The van der Waals surface area contributed by atoms with E-state index in [1.807, 2.05) is 24.3 Å². The number of carbonyl (C=O) groups is 2. The second-order valence-electron chi connectivity index (χ2n) is 4.23. The molecular formula is C14H10N2O2S. The molecule has 1 aliphatic carbocycles. The molecule has 3 rings (SSSR count). The number of nitrogens with zero attached hydrogens (tertiary/aromatic N) is 1. The van der Waals surface area contributed by atoms with E-state index in [2.05, 4.69) is 9.97 Å². The van der Waals surface area contributed by atoms with Crippen molar-refractivity contribution in [1.82, 2.24) is 9.97 Å². The Morgan fingerprint density at radius 1 is 1.16 bits per heavy atom. The number of ketones is 2. The van der Waals surface area contributed by atoms with Gasteiger partial charge in [0.05, 0.1) is 11.0 Å². The molecule has 0 saturated heterocycles. The van der Waals surface area contributed by atoms with Crippen LogP contribution in [0, 0.1) is 0 Å². The molecule has 19 heavy (non-hydrogen) atoms. The van der Waals surface area contributed by atoms with Gasteiger partial charge in [-0.05, 0) is 25.1 Å². The van der Waals surface area contributed by atoms with Gasteiger partial charge in [0.25, 0.3) is 0 Å². The summed E-state index contributed by atoms with van der Waals surface area (Å²) in [6.07, 6.45) is 3.06. The Balaban J connectivity index is 1.91. The molecule has 0 radical (unpaired) electrons. The summed E-state index contributed by atoms with van der Waals surface area (Å²) in [5.74, 6) is -0.910. The van der Waals surface area contributed by atoms with Crippen LogP contribution in [-0.4, -0.2) is 21.5 Å². The fourth-order valence-electron chi connectivity index (χ4n) is 1.86. The van der Waals surface area contributed by atoms with E-state index in [1.54, 1.807) is 13.0 Å². The van der Waals surface area contributed by atoms with E-state index >= 15 is 0 Å². The van der Waals surface area contributed by atoms with Crippen molar-refractivity contribution in [2.75, 3.05) is 0 Å². The van der Waals surface area contributed by atoms with Gasteiger partial charge in [0.1, 0.15) is 0 Å². The van der Waals surface area contributed by atoms with Crippen molar-refractivity contribution in [3.63, 3.8) is 0 Å². The number of hydrogen-bond acceptors (Lipinski definition) is 4. The molecule has 0 unspecified atom stereocenters. The molecule has 0 atom stereocenters. The van der Waals surface area contributed by atoms with E-state index in [-0.39, 0.29) is 0 Å². The highest BCUT2D eigenvalue weighted by Crippen LogP contribution is 2.29. The monoisotopic (exact) mass is 270 g/mol. The molecule has 1 aliphatic rings. The highest BCUT2D eigenvalue weighted by atomic mass is 32.2. The van der Waals surface area contributed by atoms with Gasteiger partial charge in [-0.15, -0.1) is 0 Å². The minimum absolute atomic E-state index is 0.436. The van der Waals surface area contributed by atoms with Crippen molar-refractivity contribution in [2.24, 2.45) is 0 Å². The molecule has 0 amide bonds. The maximum absolute atomic E-state index is 11.5. The average Bonchev–Trinajstić information content (AvgIpc) is 2.78. The summed E-state index contributed by atoms with van der Waals surface area (Å²) < 4.78 is 0. The zero-order valence-electron chi connectivity index (χ0n) is 10.1. The summed E-state index contributed by atoms with van der Waals surface area (Å²) in [6, 6.07) is 7.71. The van der Waals surface area contributed by atoms with E-state index < -0.39 is 11.6 Å². The van der Waals surface area contributed by atoms with Gasteiger partial charge in [-0.25, -0.2) is 4.98 Å². The molecule has 0 spiro atoms. The van der Waals surface area contributed by atoms with Crippen molar-refractivity contribution in [3.8, 4) is 0 Å². The molecule has 94 valence electrons. The zero-order valence-corrected chi connectivity index (χ0v) is 11.0. The Kier molecular flexibility index (Phi) is 2.83. The molecule has 4 nitrogen and oxygen atoms in total. The Morgan fingerprint density at radius 2 is 1.95 bits per heavy atom. The van der Waals surface area contributed by atoms with Crippen LogP contribution in [0.4, 0.5) is 0 Å². The first kappa shape index (κ1) is 11.9. The van der Waals surface area contributed by atoms with Crippen LogP contribution in [0.3, 0.4) is 0 Å². The normalized spacial score (nSPS) is 15.6. The largest absolute Gasteiger partial charge is 0.333 e. The summed E-state index contributed by atoms with van der Waals surface area (Å²) >= 11 is 1.34. The first-order valence-electron chi connectivity index (χ1n) is 5.75. The lowest BCUT2D eigenvalue weighted by atomic mass is 10.0. The van der Waals surface area contributed by atoms with Crippen LogP contribution in [0.15, 0.2) is 52.1 Å². The molecule has 0 bridgehead atoms. The summed E-state index contributed by atoms with van der Waals surface area (Å²) in [6.45, 7) is 1.65. The maximum atomic E-state index is 11.5. The standard InChI is InChI=1S/C14H10N2O2S/c1-8-6-9(7-12(17)13(8)18)19-14-15-10-4-2-3-5-11(10)16-14/h2-7H,1H3,(H,15,16). The van der Waals surface area contributed by atoms with E-state index in [0.717, 1.165) is 15.9 Å². The van der Waals surface area contributed by atoms with Gasteiger partial charge < -0.3 is 4.98 Å². The minimum atomic E-state index is -0.474. The molecule has 5 heteroatoms. The van der Waals surface area contributed by atoms with Crippen LogP contribution >= 0.6 is 11.8 Å². The average molecular weight is 270 g/mol. The van der Waals surface area contributed by atoms with Crippen LogP contribution in [-0.2, 0) is 9.59 Å². The lowest BCUT2D eigenvalue weighted by molar-refractivity contribution is -0.131. The SMILES string of the molecule is CC1=CC(Sc2nc3ccccc3[nH]2)=CC(=O)C1=O. The second kappa shape index (κ2) is 4.51. The zero-order chi connectivity index (χ0) is 13.4. The third kappa shape index (κ3) is 2.24. The Morgan fingerprint density at radius 3 is 2.68 bits per heavy atom. The van der Waals surface area contributed by atoms with E-state index in [4.69, 9.17) is 0 Å². The summed E-state index contributed by atoms with van der Waals surface area (Å²) in [4.78, 5) is 31.1. The number of aromatic amines is 1. The quantitative estimate of drug-likeness (QED) is 0.673. The number of thioether (sulfide) groups is 1. The van der Waals surface area contributed by atoms with Crippen LogP contribution < -0.4 is 0 Å².